The van der Waals surface area contributed by atoms with Crippen molar-refractivity contribution in [2.75, 3.05) is 19.6 Å². The lowest BCUT2D eigenvalue weighted by Gasteiger charge is -2.26. The second kappa shape index (κ2) is 8.46. The van der Waals surface area contributed by atoms with Crippen LogP contribution in [0.1, 0.15) is 29.5 Å². The Morgan fingerprint density at radius 3 is 2.88 bits per heavy atom. The van der Waals surface area contributed by atoms with Crippen molar-refractivity contribution in [1.29, 1.82) is 0 Å². The molecule has 1 fully saturated rings. The lowest BCUT2D eigenvalue weighted by molar-refractivity contribution is 0.0936. The molecule has 1 aromatic heterocycles. The number of hydrogen-bond donors (Lipinski definition) is 2. The summed E-state index contributed by atoms with van der Waals surface area (Å²) in [5, 5.41) is 15.0. The quantitative estimate of drug-likeness (QED) is 0.818. The Balaban J connectivity index is 0.00000208. The van der Waals surface area contributed by atoms with E-state index in [2.05, 4.69) is 27.9 Å². The maximum atomic E-state index is 12.4. The summed E-state index contributed by atoms with van der Waals surface area (Å²) in [5.74, 6) is 0.352. The Hall–Kier alpha value is -1.63. The van der Waals surface area contributed by atoms with Crippen molar-refractivity contribution in [1.82, 2.24) is 25.6 Å². The Kier molecular flexibility index (Phi) is 6.60. The number of benzene rings is 1. The summed E-state index contributed by atoms with van der Waals surface area (Å²) < 4.78 is 1.70. The van der Waals surface area contributed by atoms with Gasteiger partial charge in [-0.25, -0.2) is 4.68 Å². The molecular weight excluding hydrogens is 349 g/mol. The minimum atomic E-state index is -0.159. The summed E-state index contributed by atoms with van der Waals surface area (Å²) in [6, 6.07) is 7.39. The number of aromatic nitrogens is 3. The van der Waals surface area contributed by atoms with E-state index in [4.69, 9.17) is 11.6 Å². The van der Waals surface area contributed by atoms with Gasteiger partial charge in [-0.1, -0.05) is 36.2 Å². The summed E-state index contributed by atoms with van der Waals surface area (Å²) in [6.45, 7) is 4.65. The van der Waals surface area contributed by atoms with Crippen molar-refractivity contribution >= 4 is 29.9 Å². The fourth-order valence-corrected chi connectivity index (χ4v) is 2.75. The van der Waals surface area contributed by atoms with Crippen LogP contribution in [0.4, 0.5) is 0 Å². The van der Waals surface area contributed by atoms with Crippen molar-refractivity contribution in [3.05, 3.63) is 40.7 Å². The zero-order valence-electron chi connectivity index (χ0n) is 13.5. The normalized spacial score (nSPS) is 13.9. The summed E-state index contributed by atoms with van der Waals surface area (Å²) in [4.78, 5) is 12.4. The zero-order chi connectivity index (χ0) is 16.2. The predicted octanol–water partition coefficient (Wildman–Crippen LogP) is 2.24. The molecule has 1 saturated heterocycles. The third kappa shape index (κ3) is 4.06. The van der Waals surface area contributed by atoms with E-state index in [0.29, 0.717) is 23.2 Å². The summed E-state index contributed by atoms with van der Waals surface area (Å²) in [7, 11) is 0. The first-order valence-corrected chi connectivity index (χ1v) is 8.26. The third-order valence-electron chi connectivity index (χ3n) is 3.94. The van der Waals surface area contributed by atoms with Crippen molar-refractivity contribution in [2.24, 2.45) is 5.92 Å². The van der Waals surface area contributed by atoms with Crippen LogP contribution >= 0.6 is 24.0 Å². The number of nitrogens with one attached hydrogen (secondary N) is 2. The van der Waals surface area contributed by atoms with Gasteiger partial charge in [0.05, 0.1) is 11.4 Å². The van der Waals surface area contributed by atoms with Gasteiger partial charge >= 0.3 is 0 Å². The van der Waals surface area contributed by atoms with E-state index in [0.717, 1.165) is 37.3 Å². The minimum absolute atomic E-state index is 0. The van der Waals surface area contributed by atoms with Crippen LogP contribution in [-0.2, 0) is 6.42 Å². The molecule has 6 nitrogen and oxygen atoms in total. The van der Waals surface area contributed by atoms with Gasteiger partial charge in [-0.2, -0.15) is 0 Å². The average molecular weight is 370 g/mol. The van der Waals surface area contributed by atoms with Crippen LogP contribution in [0.3, 0.4) is 0 Å². The number of carbonyl (C=O) groups excluding carboxylic acids is 1. The monoisotopic (exact) mass is 369 g/mol. The Labute approximate surface area is 152 Å². The largest absolute Gasteiger partial charge is 0.350 e. The maximum absolute atomic E-state index is 12.4. The lowest BCUT2D eigenvalue weighted by Crippen LogP contribution is -2.48. The van der Waals surface area contributed by atoms with E-state index < -0.39 is 0 Å². The zero-order valence-corrected chi connectivity index (χ0v) is 15.0. The Morgan fingerprint density at radius 1 is 1.46 bits per heavy atom. The first-order chi connectivity index (χ1) is 11.2. The molecule has 1 aromatic carbocycles. The number of amides is 1. The van der Waals surface area contributed by atoms with Gasteiger partial charge in [-0.05, 0) is 24.6 Å². The van der Waals surface area contributed by atoms with E-state index in [1.807, 2.05) is 24.3 Å². The standard InChI is InChI=1S/C16H20ClN5O.ClH/c1-2-4-14-15(16(23)19-10-11-8-18-9-11)20-21-22(14)13-6-3-5-12(17)7-13;/h3,5-7,11,18H,2,4,8-10H2,1H3,(H,19,23);1H. The summed E-state index contributed by atoms with van der Waals surface area (Å²) in [5.41, 5.74) is 2.04. The van der Waals surface area contributed by atoms with Crippen LogP contribution in [0.5, 0.6) is 0 Å². The molecule has 0 atom stereocenters. The molecule has 0 bridgehead atoms. The van der Waals surface area contributed by atoms with Crippen molar-refractivity contribution in [3.8, 4) is 5.69 Å². The van der Waals surface area contributed by atoms with Crippen molar-refractivity contribution < 1.29 is 4.79 Å². The minimum Gasteiger partial charge on any atom is -0.350 e. The molecule has 0 radical (unpaired) electrons. The van der Waals surface area contributed by atoms with Crippen LogP contribution in [0.25, 0.3) is 5.69 Å². The van der Waals surface area contributed by atoms with E-state index in [-0.39, 0.29) is 18.3 Å². The SMILES string of the molecule is CCCc1c(C(=O)NCC2CNC2)nnn1-c1cccc(Cl)c1.Cl. The number of nitrogens with zero attached hydrogens (tertiary/aromatic N) is 3. The second-order valence-electron chi connectivity index (χ2n) is 5.76. The molecule has 1 amide bonds. The molecule has 24 heavy (non-hydrogen) atoms. The number of carbonyl (C=O) groups is 1. The van der Waals surface area contributed by atoms with E-state index in [1.54, 1.807) is 4.68 Å². The highest BCUT2D eigenvalue weighted by molar-refractivity contribution is 6.30. The molecule has 2 heterocycles. The van der Waals surface area contributed by atoms with Crippen LogP contribution < -0.4 is 10.6 Å². The Bertz CT molecular complexity index is 700. The van der Waals surface area contributed by atoms with Crippen LogP contribution in [-0.4, -0.2) is 40.5 Å². The molecule has 0 unspecified atom stereocenters. The second-order valence-corrected chi connectivity index (χ2v) is 6.20. The van der Waals surface area contributed by atoms with Gasteiger partial charge in [0.2, 0.25) is 0 Å². The third-order valence-corrected chi connectivity index (χ3v) is 4.17. The van der Waals surface area contributed by atoms with Gasteiger partial charge in [0.15, 0.2) is 5.69 Å². The Morgan fingerprint density at radius 2 is 2.25 bits per heavy atom. The van der Waals surface area contributed by atoms with Crippen LogP contribution in [0.2, 0.25) is 5.02 Å². The van der Waals surface area contributed by atoms with E-state index in [1.165, 1.54) is 0 Å². The van der Waals surface area contributed by atoms with E-state index in [9.17, 15) is 4.79 Å². The molecule has 0 spiro atoms. The van der Waals surface area contributed by atoms with E-state index >= 15 is 0 Å². The summed E-state index contributed by atoms with van der Waals surface area (Å²) in [6.07, 6.45) is 1.63. The highest BCUT2D eigenvalue weighted by atomic mass is 35.5. The molecular formula is C16H21Cl2N5O. The van der Waals surface area contributed by atoms with Crippen molar-refractivity contribution in [3.63, 3.8) is 0 Å². The molecule has 0 aliphatic carbocycles. The molecule has 130 valence electrons. The number of rotatable bonds is 6. The predicted molar refractivity (Wildman–Crippen MR) is 96.3 cm³/mol. The molecule has 8 heteroatoms. The first-order valence-electron chi connectivity index (χ1n) is 7.88. The number of hydrogen-bond acceptors (Lipinski definition) is 4. The fourth-order valence-electron chi connectivity index (χ4n) is 2.57. The molecule has 3 rings (SSSR count). The lowest BCUT2D eigenvalue weighted by atomic mass is 10.0. The first kappa shape index (κ1) is 18.7. The maximum Gasteiger partial charge on any atom is 0.273 e. The highest BCUT2D eigenvalue weighted by Crippen LogP contribution is 2.18. The molecule has 2 aromatic rings. The molecule has 0 saturated carbocycles. The molecule has 1 aliphatic heterocycles. The van der Waals surface area contributed by atoms with Gasteiger partial charge in [0.25, 0.3) is 5.91 Å². The smallest absolute Gasteiger partial charge is 0.273 e. The highest BCUT2D eigenvalue weighted by Gasteiger charge is 2.22. The van der Waals surface area contributed by atoms with Gasteiger partial charge in [-0.3, -0.25) is 4.79 Å². The van der Waals surface area contributed by atoms with Gasteiger partial charge < -0.3 is 10.6 Å². The molecule has 2 N–H and O–H groups in total. The topological polar surface area (TPSA) is 71.8 Å². The van der Waals surface area contributed by atoms with Gasteiger partial charge in [-0.15, -0.1) is 17.5 Å². The van der Waals surface area contributed by atoms with Gasteiger partial charge in [0.1, 0.15) is 0 Å². The van der Waals surface area contributed by atoms with Gasteiger partial charge in [0, 0.05) is 30.6 Å². The van der Waals surface area contributed by atoms with Crippen LogP contribution in [0, 0.1) is 5.92 Å². The average Bonchev–Trinajstić information content (AvgIpc) is 2.90. The molecule has 1 aliphatic rings. The fraction of sp³-hybridized carbons (Fsp3) is 0.438. The van der Waals surface area contributed by atoms with Crippen molar-refractivity contribution in [2.45, 2.75) is 19.8 Å². The van der Waals surface area contributed by atoms with Crippen LogP contribution in [0.15, 0.2) is 24.3 Å². The number of halogens is 2. The summed E-state index contributed by atoms with van der Waals surface area (Å²) >= 11 is 6.05.